The van der Waals surface area contributed by atoms with Gasteiger partial charge in [0.2, 0.25) is 5.91 Å². The van der Waals surface area contributed by atoms with E-state index >= 15 is 0 Å². The number of carbonyl (C=O) groups excluding carboxylic acids is 1. The molecule has 0 radical (unpaired) electrons. The van der Waals surface area contributed by atoms with Crippen LogP contribution in [0, 0.1) is 12.8 Å². The van der Waals surface area contributed by atoms with Crippen molar-refractivity contribution >= 4 is 32.8 Å². The number of piperidine rings is 1. The summed E-state index contributed by atoms with van der Waals surface area (Å²) in [7, 11) is 0. The number of hydrogen-bond donors (Lipinski definition) is 1. The lowest BCUT2D eigenvalue weighted by molar-refractivity contribution is -0.143. The average Bonchev–Trinajstić information content (AvgIpc) is 2.87. The zero-order valence-corrected chi connectivity index (χ0v) is 22.2. The van der Waals surface area contributed by atoms with E-state index in [1.165, 1.54) is 0 Å². The van der Waals surface area contributed by atoms with Crippen molar-refractivity contribution in [1.29, 1.82) is 0 Å². The summed E-state index contributed by atoms with van der Waals surface area (Å²) in [6, 6.07) is 13.4. The van der Waals surface area contributed by atoms with Gasteiger partial charge in [-0.15, -0.1) is 0 Å². The molecule has 0 bridgehead atoms. The first-order chi connectivity index (χ1) is 17.3. The van der Waals surface area contributed by atoms with Crippen molar-refractivity contribution in [3.05, 3.63) is 74.0 Å². The number of nitrogens with zero attached hydrogens (tertiary/aromatic N) is 1. The van der Waals surface area contributed by atoms with Gasteiger partial charge in [0.05, 0.1) is 5.60 Å². The molecule has 2 aliphatic rings. The van der Waals surface area contributed by atoms with Gasteiger partial charge in [-0.3, -0.25) is 4.79 Å². The Morgan fingerprint density at radius 2 is 2.06 bits per heavy atom. The molecule has 3 aromatic rings. The van der Waals surface area contributed by atoms with Crippen LogP contribution in [-0.2, 0) is 17.8 Å². The first-order valence-corrected chi connectivity index (χ1v) is 13.6. The van der Waals surface area contributed by atoms with E-state index < -0.39 is 11.2 Å². The smallest absolute Gasteiger partial charge is 0.339 e. The Bertz CT molecular complexity index is 1330. The molecule has 0 unspecified atom stereocenters. The predicted molar refractivity (Wildman–Crippen MR) is 142 cm³/mol. The maximum Gasteiger partial charge on any atom is 0.339 e. The van der Waals surface area contributed by atoms with Gasteiger partial charge in [0.25, 0.3) is 0 Å². The minimum atomic E-state index is -0.606. The SMILES string of the molecule is Cc1c(CCC(=O)N2CC[C@]3(O)CCCC[C@@H]3C2)c(=O)oc2cc(OCc3ccccc3Br)ccc12. The third-order valence-electron chi connectivity index (χ3n) is 7.98. The Hall–Kier alpha value is -2.64. The number of likely N-dealkylation sites (tertiary alicyclic amines) is 1. The van der Waals surface area contributed by atoms with Gasteiger partial charge in [-0.2, -0.15) is 0 Å². The fourth-order valence-electron chi connectivity index (χ4n) is 5.72. The van der Waals surface area contributed by atoms with Gasteiger partial charge in [-0.25, -0.2) is 4.79 Å². The highest BCUT2D eigenvalue weighted by Crippen LogP contribution is 2.40. The van der Waals surface area contributed by atoms with Crippen LogP contribution >= 0.6 is 15.9 Å². The van der Waals surface area contributed by atoms with Gasteiger partial charge in [-0.1, -0.05) is 47.0 Å². The number of aliphatic hydroxyl groups is 1. The summed E-state index contributed by atoms with van der Waals surface area (Å²) in [5.41, 5.74) is 1.87. The molecule has 2 atom stereocenters. The zero-order valence-electron chi connectivity index (χ0n) is 20.6. The normalized spacial score (nSPS) is 21.9. The molecule has 6 nitrogen and oxygen atoms in total. The van der Waals surface area contributed by atoms with E-state index in [-0.39, 0.29) is 18.2 Å². The second-order valence-corrected chi connectivity index (χ2v) is 11.0. The largest absolute Gasteiger partial charge is 0.489 e. The molecule has 1 aliphatic carbocycles. The van der Waals surface area contributed by atoms with E-state index in [2.05, 4.69) is 15.9 Å². The Balaban J connectivity index is 1.26. The number of benzene rings is 2. The zero-order chi connectivity index (χ0) is 25.3. The molecule has 2 aromatic carbocycles. The van der Waals surface area contributed by atoms with Gasteiger partial charge in [0.1, 0.15) is 17.9 Å². The van der Waals surface area contributed by atoms with Crippen LogP contribution < -0.4 is 10.4 Å². The summed E-state index contributed by atoms with van der Waals surface area (Å²) >= 11 is 3.53. The van der Waals surface area contributed by atoms with Gasteiger partial charge in [-0.05, 0) is 56.4 Å². The van der Waals surface area contributed by atoms with Crippen LogP contribution in [0.5, 0.6) is 5.75 Å². The van der Waals surface area contributed by atoms with Crippen molar-refractivity contribution in [1.82, 2.24) is 4.90 Å². The van der Waals surface area contributed by atoms with Gasteiger partial charge in [0, 0.05) is 52.5 Å². The lowest BCUT2D eigenvalue weighted by atomic mass is 9.71. The van der Waals surface area contributed by atoms with Crippen molar-refractivity contribution in [2.45, 2.75) is 64.1 Å². The number of amides is 1. The van der Waals surface area contributed by atoms with E-state index in [1.54, 1.807) is 6.07 Å². The summed E-state index contributed by atoms with van der Waals surface area (Å²) in [6.45, 7) is 3.50. The van der Waals surface area contributed by atoms with Crippen LogP contribution in [-0.4, -0.2) is 34.6 Å². The van der Waals surface area contributed by atoms with Crippen LogP contribution in [0.2, 0.25) is 0 Å². The Morgan fingerprint density at radius 3 is 2.89 bits per heavy atom. The molecule has 7 heteroatoms. The van der Waals surface area contributed by atoms with Crippen LogP contribution in [0.1, 0.15) is 55.2 Å². The molecule has 36 heavy (non-hydrogen) atoms. The molecule has 2 fully saturated rings. The molecule has 1 amide bonds. The van der Waals surface area contributed by atoms with E-state index in [0.29, 0.717) is 49.4 Å². The minimum Gasteiger partial charge on any atom is -0.489 e. The number of hydrogen-bond acceptors (Lipinski definition) is 5. The third kappa shape index (κ3) is 5.09. The number of rotatable bonds is 6. The molecule has 1 aromatic heterocycles. The van der Waals surface area contributed by atoms with Crippen molar-refractivity contribution < 1.29 is 19.1 Å². The highest BCUT2D eigenvalue weighted by molar-refractivity contribution is 9.10. The van der Waals surface area contributed by atoms with Gasteiger partial charge < -0.3 is 19.2 Å². The monoisotopic (exact) mass is 553 g/mol. The Labute approximate surface area is 219 Å². The summed E-state index contributed by atoms with van der Waals surface area (Å²) in [5.74, 6) is 0.824. The Morgan fingerprint density at radius 1 is 1.22 bits per heavy atom. The second-order valence-electron chi connectivity index (χ2n) is 10.2. The van der Waals surface area contributed by atoms with Crippen LogP contribution in [0.3, 0.4) is 0 Å². The van der Waals surface area contributed by atoms with E-state index in [1.807, 2.05) is 48.2 Å². The lowest BCUT2D eigenvalue weighted by Gasteiger charge is -2.47. The Kier molecular flexibility index (Phi) is 7.22. The number of fused-ring (bicyclic) bond motifs is 2. The summed E-state index contributed by atoms with van der Waals surface area (Å²) in [4.78, 5) is 27.7. The maximum absolute atomic E-state index is 13.0. The van der Waals surface area contributed by atoms with Crippen molar-refractivity contribution in [2.24, 2.45) is 5.92 Å². The minimum absolute atomic E-state index is 0.0392. The molecule has 5 rings (SSSR count). The second kappa shape index (κ2) is 10.4. The molecule has 1 N–H and O–H groups in total. The van der Waals surface area contributed by atoms with Crippen LogP contribution in [0.25, 0.3) is 11.0 Å². The molecule has 0 spiro atoms. The number of aryl methyl sites for hydroxylation is 1. The summed E-state index contributed by atoms with van der Waals surface area (Å²) < 4.78 is 12.5. The number of ether oxygens (including phenoxy) is 1. The molecule has 2 heterocycles. The van der Waals surface area contributed by atoms with Gasteiger partial charge in [0.15, 0.2) is 0 Å². The van der Waals surface area contributed by atoms with Crippen molar-refractivity contribution in [3.63, 3.8) is 0 Å². The first-order valence-electron chi connectivity index (χ1n) is 12.8. The molecule has 1 aliphatic heterocycles. The van der Waals surface area contributed by atoms with Gasteiger partial charge >= 0.3 is 5.63 Å². The lowest BCUT2D eigenvalue weighted by Crippen LogP contribution is -2.54. The quantitative estimate of drug-likeness (QED) is 0.406. The molecular formula is C29H32BrNO5. The van der Waals surface area contributed by atoms with Crippen molar-refractivity contribution in [2.75, 3.05) is 13.1 Å². The van der Waals surface area contributed by atoms with E-state index in [0.717, 1.165) is 46.7 Å². The average molecular weight is 554 g/mol. The third-order valence-corrected chi connectivity index (χ3v) is 8.75. The summed E-state index contributed by atoms with van der Waals surface area (Å²) in [5, 5.41) is 11.7. The maximum atomic E-state index is 13.0. The predicted octanol–water partition coefficient (Wildman–Crippen LogP) is 5.53. The molecule has 190 valence electrons. The fraction of sp³-hybridized carbons (Fsp3) is 0.448. The van der Waals surface area contributed by atoms with E-state index in [9.17, 15) is 14.7 Å². The fourth-order valence-corrected chi connectivity index (χ4v) is 6.12. The first kappa shape index (κ1) is 25.0. The number of carbonyl (C=O) groups is 1. The molecule has 1 saturated heterocycles. The van der Waals surface area contributed by atoms with Crippen LogP contribution in [0.4, 0.5) is 0 Å². The standard InChI is InChI=1S/C29H32BrNO5/c1-19-23-10-9-22(35-18-20-6-2-3-8-25(20)30)16-26(23)36-28(33)24(19)11-12-27(32)31-15-14-29(34)13-5-4-7-21(29)17-31/h2-3,6,8-10,16,21,34H,4-5,7,11-15,17-18H2,1H3/t21-,29-/m1/s1. The highest BCUT2D eigenvalue weighted by Gasteiger charge is 2.43. The topological polar surface area (TPSA) is 80.0 Å². The summed E-state index contributed by atoms with van der Waals surface area (Å²) in [6.07, 6.45) is 5.24. The number of halogens is 1. The van der Waals surface area contributed by atoms with E-state index in [4.69, 9.17) is 9.15 Å². The van der Waals surface area contributed by atoms with Crippen molar-refractivity contribution in [3.8, 4) is 5.75 Å². The highest BCUT2D eigenvalue weighted by atomic mass is 79.9. The molecule has 1 saturated carbocycles. The molecular weight excluding hydrogens is 522 g/mol. The van der Waals surface area contributed by atoms with Crippen LogP contribution in [0.15, 0.2) is 56.1 Å².